The third-order valence-corrected chi connectivity index (χ3v) is 6.10. The molecule has 0 bridgehead atoms. The second-order valence-electron chi connectivity index (χ2n) is 7.36. The molecule has 2 aliphatic heterocycles. The van der Waals surface area contributed by atoms with Crippen LogP contribution >= 0.6 is 11.3 Å². The first-order valence-corrected chi connectivity index (χ1v) is 10.0. The van der Waals surface area contributed by atoms with E-state index >= 15 is 0 Å². The van der Waals surface area contributed by atoms with Crippen molar-refractivity contribution in [3.63, 3.8) is 0 Å². The van der Waals surface area contributed by atoms with Crippen molar-refractivity contribution in [1.82, 2.24) is 25.0 Å². The highest BCUT2D eigenvalue weighted by molar-refractivity contribution is 7.07. The van der Waals surface area contributed by atoms with E-state index in [4.69, 9.17) is 4.74 Å². The largest absolute Gasteiger partial charge is 0.372 e. The Kier molecular flexibility index (Phi) is 4.81. The van der Waals surface area contributed by atoms with Crippen molar-refractivity contribution >= 4 is 17.2 Å². The van der Waals surface area contributed by atoms with Crippen molar-refractivity contribution in [1.29, 1.82) is 0 Å². The normalized spacial score (nSPS) is 21.8. The molecule has 1 atom stereocenters. The van der Waals surface area contributed by atoms with Crippen LogP contribution in [0.25, 0.3) is 0 Å². The van der Waals surface area contributed by atoms with Gasteiger partial charge in [-0.15, -0.1) is 11.3 Å². The topological polar surface area (TPSA) is 72.3 Å². The minimum Gasteiger partial charge on any atom is -0.372 e. The van der Waals surface area contributed by atoms with Gasteiger partial charge in [-0.2, -0.15) is 5.10 Å². The summed E-state index contributed by atoms with van der Waals surface area (Å²) in [5.74, 6) is 0.420. The number of rotatable bonds is 6. The number of nitrogens with zero attached hydrogens (tertiary/aromatic N) is 4. The van der Waals surface area contributed by atoms with Crippen LogP contribution in [-0.4, -0.2) is 57.4 Å². The van der Waals surface area contributed by atoms with Gasteiger partial charge in [0, 0.05) is 45.2 Å². The van der Waals surface area contributed by atoms with E-state index in [2.05, 4.69) is 26.4 Å². The second kappa shape index (κ2) is 7.09. The number of aryl methyl sites for hydroxylation is 2. The van der Waals surface area contributed by atoms with Gasteiger partial charge in [-0.25, -0.2) is 4.98 Å². The van der Waals surface area contributed by atoms with Crippen molar-refractivity contribution in [3.05, 3.63) is 34.0 Å². The molecule has 2 aliphatic rings. The summed E-state index contributed by atoms with van der Waals surface area (Å²) >= 11 is 1.44. The molecule has 0 aliphatic carbocycles. The number of carbonyl (C=O) groups is 1. The number of nitrogens with one attached hydrogen (secondary N) is 1. The highest BCUT2D eigenvalue weighted by Crippen LogP contribution is 2.42. The monoisotopic (exact) mass is 375 g/mol. The number of likely N-dealkylation sites (tertiary alicyclic amines) is 1. The van der Waals surface area contributed by atoms with Crippen LogP contribution < -0.4 is 5.32 Å². The maximum absolute atomic E-state index is 12.0. The smallest absolute Gasteiger partial charge is 0.270 e. The van der Waals surface area contributed by atoms with E-state index in [1.54, 1.807) is 10.9 Å². The molecule has 2 saturated heterocycles. The van der Waals surface area contributed by atoms with E-state index in [-0.39, 0.29) is 11.5 Å². The summed E-state index contributed by atoms with van der Waals surface area (Å²) in [5, 5.41) is 9.18. The van der Waals surface area contributed by atoms with Gasteiger partial charge in [0.25, 0.3) is 5.91 Å². The number of ether oxygens (including phenoxy) is 1. The van der Waals surface area contributed by atoms with Crippen molar-refractivity contribution < 1.29 is 9.53 Å². The molecule has 1 N–H and O–H groups in total. The molecular weight excluding hydrogens is 350 g/mol. The Bertz CT molecular complexity index is 767. The summed E-state index contributed by atoms with van der Waals surface area (Å²) in [5.41, 5.74) is 4.46. The minimum absolute atomic E-state index is 0.0288. The molecular formula is C18H25N5O2S. The highest BCUT2D eigenvalue weighted by atomic mass is 32.1. The van der Waals surface area contributed by atoms with Gasteiger partial charge in [0.2, 0.25) is 0 Å². The van der Waals surface area contributed by atoms with E-state index in [9.17, 15) is 4.79 Å². The summed E-state index contributed by atoms with van der Waals surface area (Å²) in [6, 6.07) is 2.14. The predicted octanol–water partition coefficient (Wildman–Crippen LogP) is 1.60. The van der Waals surface area contributed by atoms with Gasteiger partial charge in [-0.05, 0) is 31.7 Å². The predicted molar refractivity (Wildman–Crippen MR) is 99.1 cm³/mol. The van der Waals surface area contributed by atoms with Gasteiger partial charge in [0.05, 0.1) is 22.5 Å². The Hall–Kier alpha value is -1.77. The van der Waals surface area contributed by atoms with Gasteiger partial charge in [-0.3, -0.25) is 14.4 Å². The molecule has 2 aromatic heterocycles. The molecule has 4 heterocycles. The van der Waals surface area contributed by atoms with E-state index in [1.807, 2.05) is 18.7 Å². The fourth-order valence-corrected chi connectivity index (χ4v) is 4.71. The minimum atomic E-state index is -0.0824. The molecule has 26 heavy (non-hydrogen) atoms. The quantitative estimate of drug-likeness (QED) is 0.830. The van der Waals surface area contributed by atoms with Crippen LogP contribution in [0.3, 0.4) is 0 Å². The molecule has 0 radical (unpaired) electrons. The van der Waals surface area contributed by atoms with Crippen molar-refractivity contribution in [2.24, 2.45) is 13.0 Å². The first kappa shape index (κ1) is 17.6. The molecule has 4 rings (SSSR count). The van der Waals surface area contributed by atoms with Crippen molar-refractivity contribution in [2.75, 3.05) is 26.2 Å². The molecule has 7 nitrogen and oxygen atoms in total. The van der Waals surface area contributed by atoms with Gasteiger partial charge in [-0.1, -0.05) is 0 Å². The van der Waals surface area contributed by atoms with Crippen LogP contribution in [0.1, 0.15) is 34.7 Å². The average Bonchev–Trinajstić information content (AvgIpc) is 3.28. The molecule has 1 spiro atoms. The molecule has 140 valence electrons. The Labute approximate surface area is 157 Å². The number of carbonyl (C=O) groups excluding carboxylic acids is 1. The fourth-order valence-electron chi connectivity index (χ4n) is 4.18. The lowest BCUT2D eigenvalue weighted by Crippen LogP contribution is -2.64. The summed E-state index contributed by atoms with van der Waals surface area (Å²) in [6.07, 6.45) is 2.03. The molecule has 1 unspecified atom stereocenters. The molecule has 0 saturated carbocycles. The highest BCUT2D eigenvalue weighted by Gasteiger charge is 2.52. The molecule has 1 amide bonds. The van der Waals surface area contributed by atoms with Crippen LogP contribution in [0.15, 0.2) is 17.0 Å². The number of amides is 1. The number of hydrogen-bond acceptors (Lipinski definition) is 6. The zero-order valence-corrected chi connectivity index (χ0v) is 16.1. The van der Waals surface area contributed by atoms with E-state index in [0.29, 0.717) is 18.2 Å². The lowest BCUT2D eigenvalue weighted by molar-refractivity contribution is -0.137. The Morgan fingerprint density at radius 1 is 1.50 bits per heavy atom. The average molecular weight is 375 g/mol. The molecule has 0 aromatic carbocycles. The lowest BCUT2D eigenvalue weighted by atomic mass is 9.79. The van der Waals surface area contributed by atoms with E-state index < -0.39 is 0 Å². The zero-order valence-electron chi connectivity index (χ0n) is 15.3. The first-order valence-electron chi connectivity index (χ1n) is 9.08. The molecule has 2 fully saturated rings. The van der Waals surface area contributed by atoms with E-state index in [0.717, 1.165) is 44.8 Å². The van der Waals surface area contributed by atoms with Crippen LogP contribution in [0.2, 0.25) is 0 Å². The first-order chi connectivity index (χ1) is 12.6. The Morgan fingerprint density at radius 2 is 2.35 bits per heavy atom. The van der Waals surface area contributed by atoms with Crippen LogP contribution in [-0.2, 0) is 18.3 Å². The standard InChI is InChI=1S/C18H25N5O2S/c1-13-7-15(22(2)21-13)8-23-10-18(11-23)14(4-6-25-18)3-5-19-17(24)16-9-26-12-20-16/h7,9,12,14H,3-6,8,10-11H2,1-2H3,(H,19,24). The van der Waals surface area contributed by atoms with E-state index in [1.165, 1.54) is 17.0 Å². The van der Waals surface area contributed by atoms with Crippen molar-refractivity contribution in [3.8, 4) is 0 Å². The number of hydrogen-bond donors (Lipinski definition) is 1. The van der Waals surface area contributed by atoms with Crippen LogP contribution in [0.5, 0.6) is 0 Å². The van der Waals surface area contributed by atoms with Crippen LogP contribution in [0.4, 0.5) is 0 Å². The summed E-state index contributed by atoms with van der Waals surface area (Å²) in [7, 11) is 2.00. The summed E-state index contributed by atoms with van der Waals surface area (Å²) in [6.45, 7) is 6.35. The number of thiazole rings is 1. The summed E-state index contributed by atoms with van der Waals surface area (Å²) in [4.78, 5) is 18.5. The second-order valence-corrected chi connectivity index (χ2v) is 8.08. The molecule has 2 aromatic rings. The number of aromatic nitrogens is 3. The lowest BCUT2D eigenvalue weighted by Gasteiger charge is -2.50. The Morgan fingerprint density at radius 3 is 3.04 bits per heavy atom. The van der Waals surface area contributed by atoms with Gasteiger partial charge >= 0.3 is 0 Å². The summed E-state index contributed by atoms with van der Waals surface area (Å²) < 4.78 is 8.09. The maximum Gasteiger partial charge on any atom is 0.270 e. The Balaban J connectivity index is 1.26. The zero-order chi connectivity index (χ0) is 18.1. The SMILES string of the molecule is Cc1cc(CN2CC3(C2)OCCC3CCNC(=O)c2cscn2)n(C)n1. The third kappa shape index (κ3) is 3.41. The van der Waals surface area contributed by atoms with Gasteiger partial charge in [0.15, 0.2) is 0 Å². The van der Waals surface area contributed by atoms with Gasteiger partial charge in [0.1, 0.15) is 5.69 Å². The van der Waals surface area contributed by atoms with Crippen LogP contribution in [0, 0.1) is 12.8 Å². The maximum atomic E-state index is 12.0. The molecule has 8 heteroatoms. The van der Waals surface area contributed by atoms with Gasteiger partial charge < -0.3 is 10.1 Å². The fraction of sp³-hybridized carbons (Fsp3) is 0.611. The third-order valence-electron chi connectivity index (χ3n) is 5.51. The van der Waals surface area contributed by atoms with Crippen molar-refractivity contribution in [2.45, 2.75) is 31.9 Å².